The largest absolute Gasteiger partial charge is 0.271 e. The molecule has 0 aromatic carbocycles. The Kier molecular flexibility index (Phi) is 3.29. The van der Waals surface area contributed by atoms with Crippen molar-refractivity contribution in [3.63, 3.8) is 0 Å². The van der Waals surface area contributed by atoms with Crippen LogP contribution in [0.15, 0.2) is 6.20 Å². The summed E-state index contributed by atoms with van der Waals surface area (Å²) >= 11 is 6.15. The van der Waals surface area contributed by atoms with Crippen molar-refractivity contribution in [1.82, 2.24) is 15.2 Å². The summed E-state index contributed by atoms with van der Waals surface area (Å²) < 4.78 is 1.96. The Morgan fingerprint density at radius 3 is 3.00 bits per heavy atom. The molecule has 0 saturated heterocycles. The number of hydrogen-bond donors (Lipinski definition) is 2. The summed E-state index contributed by atoms with van der Waals surface area (Å²) in [6, 6.07) is 0.159. The van der Waals surface area contributed by atoms with Gasteiger partial charge in [-0.05, 0) is 25.2 Å². The van der Waals surface area contributed by atoms with Gasteiger partial charge in [-0.25, -0.2) is 0 Å². The molecule has 1 fully saturated rings. The van der Waals surface area contributed by atoms with E-state index in [-0.39, 0.29) is 6.04 Å². The smallest absolute Gasteiger partial charge is 0.0834 e. The van der Waals surface area contributed by atoms with Crippen LogP contribution in [0.25, 0.3) is 0 Å². The van der Waals surface area contributed by atoms with E-state index in [1.165, 1.54) is 12.8 Å². The Hall–Kier alpha value is -0.580. The number of hydrazine groups is 1. The van der Waals surface area contributed by atoms with Gasteiger partial charge in [-0.1, -0.05) is 18.5 Å². The maximum Gasteiger partial charge on any atom is 0.0834 e. The van der Waals surface area contributed by atoms with Crippen molar-refractivity contribution < 1.29 is 0 Å². The van der Waals surface area contributed by atoms with E-state index in [1.54, 1.807) is 6.20 Å². The highest BCUT2D eigenvalue weighted by Gasteiger charge is 2.34. The van der Waals surface area contributed by atoms with Crippen LogP contribution < -0.4 is 11.3 Å². The number of rotatable bonds is 5. The van der Waals surface area contributed by atoms with E-state index in [0.717, 1.165) is 23.7 Å². The Bertz CT molecular complexity index is 332. The van der Waals surface area contributed by atoms with Gasteiger partial charge in [-0.15, -0.1) is 0 Å². The zero-order valence-corrected chi connectivity index (χ0v) is 9.67. The lowest BCUT2D eigenvalue weighted by Gasteiger charge is -2.17. The van der Waals surface area contributed by atoms with Crippen molar-refractivity contribution in [2.24, 2.45) is 11.8 Å². The maximum atomic E-state index is 6.15. The lowest BCUT2D eigenvalue weighted by molar-refractivity contribution is 0.442. The molecule has 0 bridgehead atoms. The standard InChI is InChI=1S/C10H17ClN4/c1-2-5-15-10(8(11)6-13-15)9(14-12)7-3-4-7/h6-7,9,14H,2-5,12H2,1H3. The van der Waals surface area contributed by atoms with Crippen LogP contribution in [0.5, 0.6) is 0 Å². The van der Waals surface area contributed by atoms with Gasteiger partial charge in [0.15, 0.2) is 0 Å². The first-order valence-electron chi connectivity index (χ1n) is 5.45. The molecule has 0 amide bonds. The molecule has 1 aliphatic carbocycles. The number of aromatic nitrogens is 2. The number of halogens is 1. The van der Waals surface area contributed by atoms with Gasteiger partial charge in [-0.3, -0.25) is 16.0 Å². The highest BCUT2D eigenvalue weighted by atomic mass is 35.5. The quantitative estimate of drug-likeness (QED) is 0.598. The Morgan fingerprint density at radius 1 is 1.73 bits per heavy atom. The molecule has 3 N–H and O–H groups in total. The van der Waals surface area contributed by atoms with Gasteiger partial charge in [-0.2, -0.15) is 5.10 Å². The minimum absolute atomic E-state index is 0.159. The summed E-state index contributed by atoms with van der Waals surface area (Å²) in [5, 5.41) is 4.99. The van der Waals surface area contributed by atoms with Crippen LogP contribution in [0, 0.1) is 5.92 Å². The zero-order valence-electron chi connectivity index (χ0n) is 8.91. The van der Waals surface area contributed by atoms with Gasteiger partial charge in [0.25, 0.3) is 0 Å². The Morgan fingerprint density at radius 2 is 2.47 bits per heavy atom. The molecule has 4 nitrogen and oxygen atoms in total. The predicted octanol–water partition coefficient (Wildman–Crippen LogP) is 1.86. The van der Waals surface area contributed by atoms with Gasteiger partial charge >= 0.3 is 0 Å². The molecule has 5 heteroatoms. The van der Waals surface area contributed by atoms with Gasteiger partial charge in [0.2, 0.25) is 0 Å². The van der Waals surface area contributed by atoms with Crippen LogP contribution >= 0.6 is 11.6 Å². The lowest BCUT2D eigenvalue weighted by Crippen LogP contribution is -2.31. The molecule has 1 saturated carbocycles. The lowest BCUT2D eigenvalue weighted by atomic mass is 10.1. The SMILES string of the molecule is CCCn1ncc(Cl)c1C(NN)C1CC1. The highest BCUT2D eigenvalue weighted by Crippen LogP contribution is 2.42. The van der Waals surface area contributed by atoms with Gasteiger partial charge in [0.05, 0.1) is 23.0 Å². The molecule has 1 heterocycles. The van der Waals surface area contributed by atoms with Crippen molar-refractivity contribution in [2.45, 2.75) is 38.8 Å². The molecule has 1 aliphatic rings. The zero-order chi connectivity index (χ0) is 10.8. The molecular formula is C10H17ClN4. The summed E-state index contributed by atoms with van der Waals surface area (Å²) in [6.45, 7) is 3.02. The average molecular weight is 229 g/mol. The third-order valence-electron chi connectivity index (χ3n) is 2.84. The number of hydrogen-bond acceptors (Lipinski definition) is 3. The first kappa shape index (κ1) is 10.9. The predicted molar refractivity (Wildman–Crippen MR) is 60.3 cm³/mol. The van der Waals surface area contributed by atoms with Gasteiger partial charge in [0, 0.05) is 6.54 Å². The topological polar surface area (TPSA) is 55.9 Å². The summed E-state index contributed by atoms with van der Waals surface area (Å²) in [5.74, 6) is 6.21. The molecule has 2 rings (SSSR count). The van der Waals surface area contributed by atoms with E-state index >= 15 is 0 Å². The Balaban J connectivity index is 2.26. The monoisotopic (exact) mass is 228 g/mol. The summed E-state index contributed by atoms with van der Waals surface area (Å²) in [6.07, 6.45) is 5.21. The van der Waals surface area contributed by atoms with Crippen LogP contribution in [-0.2, 0) is 6.54 Å². The highest BCUT2D eigenvalue weighted by molar-refractivity contribution is 6.31. The molecule has 1 aromatic rings. The van der Waals surface area contributed by atoms with E-state index in [0.29, 0.717) is 5.92 Å². The van der Waals surface area contributed by atoms with E-state index in [2.05, 4.69) is 17.4 Å². The van der Waals surface area contributed by atoms with Crippen LogP contribution in [0.1, 0.15) is 37.9 Å². The van der Waals surface area contributed by atoms with Crippen LogP contribution in [0.4, 0.5) is 0 Å². The fourth-order valence-corrected chi connectivity index (χ4v) is 2.20. The first-order valence-corrected chi connectivity index (χ1v) is 5.83. The molecule has 84 valence electrons. The van der Waals surface area contributed by atoms with Gasteiger partial charge in [0.1, 0.15) is 0 Å². The van der Waals surface area contributed by atoms with E-state index < -0.39 is 0 Å². The second-order valence-electron chi connectivity index (χ2n) is 4.08. The van der Waals surface area contributed by atoms with Crippen LogP contribution in [0.2, 0.25) is 5.02 Å². The number of aryl methyl sites for hydroxylation is 1. The van der Waals surface area contributed by atoms with E-state index in [1.807, 2.05) is 4.68 Å². The molecule has 0 aliphatic heterocycles. The van der Waals surface area contributed by atoms with Crippen molar-refractivity contribution >= 4 is 11.6 Å². The maximum absolute atomic E-state index is 6.15. The summed E-state index contributed by atoms with van der Waals surface area (Å²) in [4.78, 5) is 0. The minimum atomic E-state index is 0.159. The van der Waals surface area contributed by atoms with Crippen LogP contribution in [0.3, 0.4) is 0 Å². The normalized spacial score (nSPS) is 18.1. The van der Waals surface area contributed by atoms with Crippen molar-refractivity contribution in [3.05, 3.63) is 16.9 Å². The van der Waals surface area contributed by atoms with E-state index in [9.17, 15) is 0 Å². The number of nitrogens with zero attached hydrogens (tertiary/aromatic N) is 2. The molecule has 0 radical (unpaired) electrons. The number of nitrogens with two attached hydrogens (primary N) is 1. The molecule has 1 atom stereocenters. The van der Waals surface area contributed by atoms with Crippen molar-refractivity contribution in [2.75, 3.05) is 0 Å². The number of nitrogens with one attached hydrogen (secondary N) is 1. The molecule has 1 aromatic heterocycles. The fourth-order valence-electron chi connectivity index (χ4n) is 1.94. The van der Waals surface area contributed by atoms with E-state index in [4.69, 9.17) is 17.4 Å². The molecule has 0 spiro atoms. The second-order valence-corrected chi connectivity index (χ2v) is 4.49. The third kappa shape index (κ3) is 2.17. The molecule has 1 unspecified atom stereocenters. The summed E-state index contributed by atoms with van der Waals surface area (Å²) in [7, 11) is 0. The van der Waals surface area contributed by atoms with Crippen molar-refractivity contribution in [1.29, 1.82) is 0 Å². The minimum Gasteiger partial charge on any atom is -0.271 e. The van der Waals surface area contributed by atoms with Crippen molar-refractivity contribution in [3.8, 4) is 0 Å². The average Bonchev–Trinajstić information content (AvgIpc) is 2.99. The first-order chi connectivity index (χ1) is 7.27. The third-order valence-corrected chi connectivity index (χ3v) is 3.13. The second kappa shape index (κ2) is 4.51. The fraction of sp³-hybridized carbons (Fsp3) is 0.700. The Labute approximate surface area is 94.8 Å². The molecular weight excluding hydrogens is 212 g/mol. The summed E-state index contributed by atoms with van der Waals surface area (Å²) in [5.41, 5.74) is 3.91. The molecule has 15 heavy (non-hydrogen) atoms. The van der Waals surface area contributed by atoms with Gasteiger partial charge < -0.3 is 0 Å². The van der Waals surface area contributed by atoms with Crippen LogP contribution in [-0.4, -0.2) is 9.78 Å².